The molecule has 86 valence electrons. The molecule has 0 aromatic carbocycles. The van der Waals surface area contributed by atoms with Crippen molar-refractivity contribution < 1.29 is 0 Å². The van der Waals surface area contributed by atoms with Gasteiger partial charge in [0, 0.05) is 18.4 Å². The van der Waals surface area contributed by atoms with Crippen molar-refractivity contribution in [2.24, 2.45) is 5.92 Å². The number of nitrogens with zero attached hydrogens (tertiary/aromatic N) is 2. The molecule has 0 radical (unpaired) electrons. The number of hydrogen-bond acceptors (Lipinski definition) is 2. The Balaban J connectivity index is 2.46. The van der Waals surface area contributed by atoms with Gasteiger partial charge in [-0.3, -0.25) is 0 Å². The first kappa shape index (κ1) is 12.2. The highest BCUT2D eigenvalue weighted by Gasteiger charge is 2.14. The first-order valence-electron chi connectivity index (χ1n) is 5.87. The number of imidazole rings is 1. The van der Waals surface area contributed by atoms with Crippen LogP contribution in [0.1, 0.15) is 39.1 Å². The van der Waals surface area contributed by atoms with Crippen molar-refractivity contribution in [1.82, 2.24) is 14.9 Å². The molecule has 0 saturated heterocycles. The molecule has 1 aromatic rings. The van der Waals surface area contributed by atoms with E-state index in [0.717, 1.165) is 18.9 Å². The number of nitrogens with one attached hydrogen (secondary N) is 1. The van der Waals surface area contributed by atoms with Crippen molar-refractivity contribution in [3.63, 3.8) is 0 Å². The van der Waals surface area contributed by atoms with E-state index in [9.17, 15) is 0 Å². The lowest BCUT2D eigenvalue weighted by molar-refractivity contribution is 0.356. The van der Waals surface area contributed by atoms with Crippen molar-refractivity contribution in [1.29, 1.82) is 0 Å². The van der Waals surface area contributed by atoms with E-state index in [-0.39, 0.29) is 0 Å². The summed E-state index contributed by atoms with van der Waals surface area (Å²) in [5, 5.41) is 3.46. The third-order valence-electron chi connectivity index (χ3n) is 3.02. The highest BCUT2D eigenvalue weighted by atomic mass is 15.1. The highest BCUT2D eigenvalue weighted by molar-refractivity contribution is 4.92. The molecule has 0 aliphatic heterocycles. The molecule has 1 aromatic heterocycles. The first-order valence-corrected chi connectivity index (χ1v) is 5.87. The van der Waals surface area contributed by atoms with Crippen LogP contribution in [0.2, 0.25) is 0 Å². The normalized spacial score (nSPS) is 15.2. The second kappa shape index (κ2) is 5.91. The summed E-state index contributed by atoms with van der Waals surface area (Å²) < 4.78 is 2.25. The quantitative estimate of drug-likeness (QED) is 0.729. The molecule has 2 atom stereocenters. The lowest BCUT2D eigenvalue weighted by Gasteiger charge is -2.22. The second-order valence-corrected chi connectivity index (χ2v) is 4.30. The zero-order chi connectivity index (χ0) is 11.3. The molecule has 1 rings (SSSR count). The van der Waals surface area contributed by atoms with Crippen molar-refractivity contribution >= 4 is 0 Å². The summed E-state index contributed by atoms with van der Waals surface area (Å²) >= 11 is 0. The molecule has 0 fully saturated rings. The summed E-state index contributed by atoms with van der Waals surface area (Å²) in [7, 11) is 0. The van der Waals surface area contributed by atoms with Gasteiger partial charge in [-0.15, -0.1) is 0 Å². The summed E-state index contributed by atoms with van der Waals surface area (Å²) in [6.07, 6.45) is 5.14. The number of rotatable bonds is 6. The summed E-state index contributed by atoms with van der Waals surface area (Å²) in [6.45, 7) is 11.0. The third-order valence-corrected chi connectivity index (χ3v) is 3.02. The van der Waals surface area contributed by atoms with Crippen molar-refractivity contribution in [3.05, 3.63) is 18.2 Å². The van der Waals surface area contributed by atoms with E-state index >= 15 is 0 Å². The van der Waals surface area contributed by atoms with Crippen LogP contribution in [0.4, 0.5) is 0 Å². The maximum atomic E-state index is 4.26. The van der Waals surface area contributed by atoms with Crippen LogP contribution in [0.5, 0.6) is 0 Å². The molecule has 3 heteroatoms. The van der Waals surface area contributed by atoms with Crippen LogP contribution in [-0.2, 0) is 0 Å². The summed E-state index contributed by atoms with van der Waals surface area (Å²) in [4.78, 5) is 4.26. The van der Waals surface area contributed by atoms with Crippen molar-refractivity contribution in [3.8, 4) is 0 Å². The molecule has 0 aliphatic rings. The van der Waals surface area contributed by atoms with Gasteiger partial charge in [0.15, 0.2) is 0 Å². The minimum atomic E-state index is 0.511. The lowest BCUT2D eigenvalue weighted by Crippen LogP contribution is -2.27. The molecule has 0 saturated carbocycles. The van der Waals surface area contributed by atoms with Gasteiger partial charge in [0.1, 0.15) is 5.82 Å². The highest BCUT2D eigenvalue weighted by Crippen LogP contribution is 2.17. The average molecular weight is 209 g/mol. The Morgan fingerprint density at radius 3 is 2.73 bits per heavy atom. The lowest BCUT2D eigenvalue weighted by atomic mass is 10.0. The van der Waals surface area contributed by atoms with Gasteiger partial charge in [-0.2, -0.15) is 0 Å². The Labute approximate surface area is 92.9 Å². The number of aryl methyl sites for hydroxylation is 1. The Morgan fingerprint density at radius 1 is 1.47 bits per heavy atom. The standard InChI is InChI=1S/C12H23N3/c1-5-6-13-9-10(2)11(3)15-8-7-14-12(15)4/h7-8,10-11,13H,5-6,9H2,1-4H3. The minimum absolute atomic E-state index is 0.511. The van der Waals surface area contributed by atoms with Gasteiger partial charge < -0.3 is 9.88 Å². The van der Waals surface area contributed by atoms with E-state index in [2.05, 4.69) is 48.8 Å². The average Bonchev–Trinajstić information content (AvgIpc) is 2.63. The molecule has 1 N–H and O–H groups in total. The van der Waals surface area contributed by atoms with Crippen molar-refractivity contribution in [2.75, 3.05) is 13.1 Å². The molecular weight excluding hydrogens is 186 g/mol. The third kappa shape index (κ3) is 3.34. The fourth-order valence-corrected chi connectivity index (χ4v) is 1.77. The van der Waals surface area contributed by atoms with Crippen LogP contribution < -0.4 is 5.32 Å². The van der Waals surface area contributed by atoms with Crippen LogP contribution in [0.15, 0.2) is 12.4 Å². The van der Waals surface area contributed by atoms with Gasteiger partial charge in [-0.25, -0.2) is 4.98 Å². The molecule has 3 nitrogen and oxygen atoms in total. The Bertz CT molecular complexity index is 280. The van der Waals surface area contributed by atoms with E-state index in [1.54, 1.807) is 0 Å². The molecule has 15 heavy (non-hydrogen) atoms. The van der Waals surface area contributed by atoms with E-state index in [4.69, 9.17) is 0 Å². The van der Waals surface area contributed by atoms with E-state index in [1.165, 1.54) is 6.42 Å². The Morgan fingerprint density at radius 2 is 2.20 bits per heavy atom. The van der Waals surface area contributed by atoms with Gasteiger partial charge >= 0.3 is 0 Å². The maximum absolute atomic E-state index is 4.26. The molecule has 0 bridgehead atoms. The zero-order valence-electron chi connectivity index (χ0n) is 10.3. The summed E-state index contributed by atoms with van der Waals surface area (Å²) in [6, 6.07) is 0.511. The smallest absolute Gasteiger partial charge is 0.105 e. The molecule has 0 spiro atoms. The number of aromatic nitrogens is 2. The Kier molecular flexibility index (Phi) is 4.82. The summed E-state index contributed by atoms with van der Waals surface area (Å²) in [5.41, 5.74) is 0. The Hall–Kier alpha value is -0.830. The van der Waals surface area contributed by atoms with Crippen LogP contribution in [-0.4, -0.2) is 22.6 Å². The maximum Gasteiger partial charge on any atom is 0.105 e. The van der Waals surface area contributed by atoms with Gasteiger partial charge in [0.05, 0.1) is 0 Å². The minimum Gasteiger partial charge on any atom is -0.332 e. The number of hydrogen-bond donors (Lipinski definition) is 1. The van der Waals surface area contributed by atoms with Gasteiger partial charge in [0.25, 0.3) is 0 Å². The van der Waals surface area contributed by atoms with E-state index < -0.39 is 0 Å². The van der Waals surface area contributed by atoms with E-state index in [1.807, 2.05) is 6.20 Å². The molecule has 0 aliphatic carbocycles. The van der Waals surface area contributed by atoms with Crippen LogP contribution in [0, 0.1) is 12.8 Å². The predicted molar refractivity (Wildman–Crippen MR) is 64.0 cm³/mol. The second-order valence-electron chi connectivity index (χ2n) is 4.30. The van der Waals surface area contributed by atoms with Crippen LogP contribution >= 0.6 is 0 Å². The van der Waals surface area contributed by atoms with Gasteiger partial charge in [-0.05, 0) is 39.3 Å². The first-order chi connectivity index (χ1) is 7.16. The van der Waals surface area contributed by atoms with Crippen molar-refractivity contribution in [2.45, 2.75) is 40.2 Å². The largest absolute Gasteiger partial charge is 0.332 e. The summed E-state index contributed by atoms with van der Waals surface area (Å²) in [5.74, 6) is 1.73. The van der Waals surface area contributed by atoms with E-state index in [0.29, 0.717) is 12.0 Å². The monoisotopic (exact) mass is 209 g/mol. The molecule has 1 heterocycles. The molecule has 2 unspecified atom stereocenters. The van der Waals surface area contributed by atoms with Crippen LogP contribution in [0.25, 0.3) is 0 Å². The molecule has 0 amide bonds. The fourth-order valence-electron chi connectivity index (χ4n) is 1.77. The van der Waals surface area contributed by atoms with Gasteiger partial charge in [-0.1, -0.05) is 13.8 Å². The van der Waals surface area contributed by atoms with Crippen LogP contribution in [0.3, 0.4) is 0 Å². The topological polar surface area (TPSA) is 29.9 Å². The van der Waals surface area contributed by atoms with Gasteiger partial charge in [0.2, 0.25) is 0 Å². The predicted octanol–water partition coefficient (Wildman–Crippen LogP) is 2.39. The molecular formula is C12H23N3. The fraction of sp³-hybridized carbons (Fsp3) is 0.750. The SMILES string of the molecule is CCCNCC(C)C(C)n1ccnc1C. The zero-order valence-corrected chi connectivity index (χ0v) is 10.3.